The van der Waals surface area contributed by atoms with Gasteiger partial charge in [-0.15, -0.1) is 0 Å². The third kappa shape index (κ3) is 4.45. The summed E-state index contributed by atoms with van der Waals surface area (Å²) in [6, 6.07) is 8.77. The van der Waals surface area contributed by atoms with Crippen LogP contribution < -0.4 is 0 Å². The van der Waals surface area contributed by atoms with Gasteiger partial charge in [0.15, 0.2) is 0 Å². The maximum atomic E-state index is 10.2. The number of ether oxygens (including phenoxy) is 1. The molecule has 134 valence electrons. The van der Waals surface area contributed by atoms with Gasteiger partial charge in [-0.2, -0.15) is 0 Å². The van der Waals surface area contributed by atoms with Crippen LogP contribution in [0.15, 0.2) is 35.5 Å². The van der Waals surface area contributed by atoms with Crippen LogP contribution in [-0.2, 0) is 4.74 Å². The van der Waals surface area contributed by atoms with E-state index in [4.69, 9.17) is 15.1 Å². The zero-order chi connectivity index (χ0) is 17.7. The minimum absolute atomic E-state index is 0.0276. The van der Waals surface area contributed by atoms with E-state index in [0.717, 1.165) is 11.8 Å². The number of aliphatic hydroxyl groups excluding tert-OH is 5. The number of oxime groups is 1. The zero-order valence-corrected chi connectivity index (χ0v) is 13.5. The van der Waals surface area contributed by atoms with Crippen molar-refractivity contribution in [2.75, 3.05) is 6.61 Å². The van der Waals surface area contributed by atoms with E-state index in [2.05, 4.69) is 5.16 Å². The molecule has 1 aromatic rings. The first-order valence-electron chi connectivity index (χ1n) is 7.39. The van der Waals surface area contributed by atoms with Crippen LogP contribution in [0.3, 0.4) is 0 Å². The Labute approximate surface area is 143 Å². The molecule has 1 saturated heterocycles. The number of aliphatic hydroxyl groups is 5. The Bertz CT molecular complexity index is 542. The molecule has 1 heterocycles. The molecule has 6 atom stereocenters. The summed E-state index contributed by atoms with van der Waals surface area (Å²) < 4.78 is 5.33. The van der Waals surface area contributed by atoms with Gasteiger partial charge in [0.05, 0.1) is 12.7 Å². The standard InChI is InChI=1S/C15H21NO7S/c17-7-10-12(19)13(20)14(21)15(23-10)24-11(16-22)6-9(18)8-4-2-1-3-5-8/h1-5,9-10,12-15,17-22H,6-7H2/b16-11-/t9-,10+,12+,13-,14+,15-/m0/s1. The summed E-state index contributed by atoms with van der Waals surface area (Å²) in [5.74, 6) is 0. The van der Waals surface area contributed by atoms with Crippen LogP contribution in [-0.4, -0.2) is 72.2 Å². The maximum absolute atomic E-state index is 10.2. The van der Waals surface area contributed by atoms with E-state index in [1.807, 2.05) is 0 Å². The van der Waals surface area contributed by atoms with Gasteiger partial charge >= 0.3 is 0 Å². The summed E-state index contributed by atoms with van der Waals surface area (Å²) in [5, 5.41) is 61.1. The van der Waals surface area contributed by atoms with Gasteiger partial charge in [0, 0.05) is 6.42 Å². The highest BCUT2D eigenvalue weighted by Gasteiger charge is 2.44. The highest BCUT2D eigenvalue weighted by atomic mass is 32.2. The molecule has 1 aromatic carbocycles. The van der Waals surface area contributed by atoms with Crippen molar-refractivity contribution in [2.24, 2.45) is 5.16 Å². The summed E-state index contributed by atoms with van der Waals surface area (Å²) in [6.45, 7) is -0.541. The summed E-state index contributed by atoms with van der Waals surface area (Å²) in [7, 11) is 0. The van der Waals surface area contributed by atoms with Gasteiger partial charge in [0.2, 0.25) is 0 Å². The summed E-state index contributed by atoms with van der Waals surface area (Å²) in [6.07, 6.45) is -6.40. The molecule has 0 radical (unpaired) electrons. The second-order valence-corrected chi connectivity index (χ2v) is 6.61. The molecule has 0 aliphatic carbocycles. The first kappa shape index (κ1) is 19.1. The molecule has 0 saturated carbocycles. The van der Waals surface area contributed by atoms with Crippen molar-refractivity contribution < 1.29 is 35.5 Å². The van der Waals surface area contributed by atoms with Crippen molar-refractivity contribution in [3.63, 3.8) is 0 Å². The largest absolute Gasteiger partial charge is 0.410 e. The summed E-state index contributed by atoms with van der Waals surface area (Å²) >= 11 is 0.807. The zero-order valence-electron chi connectivity index (χ0n) is 12.7. The van der Waals surface area contributed by atoms with Crippen LogP contribution in [0.2, 0.25) is 0 Å². The number of benzene rings is 1. The van der Waals surface area contributed by atoms with E-state index in [1.54, 1.807) is 30.3 Å². The molecular weight excluding hydrogens is 338 g/mol. The molecule has 0 unspecified atom stereocenters. The Kier molecular flexibility index (Phi) is 6.99. The normalized spacial score (nSPS) is 32.5. The molecule has 6 N–H and O–H groups in total. The van der Waals surface area contributed by atoms with Gasteiger partial charge in [0.1, 0.15) is 34.9 Å². The second kappa shape index (κ2) is 8.77. The molecule has 0 spiro atoms. The molecule has 0 amide bonds. The van der Waals surface area contributed by atoms with Gasteiger partial charge in [-0.1, -0.05) is 47.2 Å². The monoisotopic (exact) mass is 359 g/mol. The smallest absolute Gasteiger partial charge is 0.138 e. The molecule has 0 bridgehead atoms. The van der Waals surface area contributed by atoms with Gasteiger partial charge in [-0.25, -0.2) is 0 Å². The van der Waals surface area contributed by atoms with Gasteiger partial charge < -0.3 is 35.5 Å². The van der Waals surface area contributed by atoms with Crippen LogP contribution >= 0.6 is 11.8 Å². The minimum Gasteiger partial charge on any atom is -0.410 e. The van der Waals surface area contributed by atoms with E-state index in [1.165, 1.54) is 0 Å². The second-order valence-electron chi connectivity index (χ2n) is 5.44. The maximum Gasteiger partial charge on any atom is 0.138 e. The SMILES string of the molecule is OC[C@H]1O[C@@H](S/C(C[C@H](O)c2ccccc2)=N\O)[C@H](O)[C@@H](O)[C@@H]1O. The lowest BCUT2D eigenvalue weighted by molar-refractivity contribution is -0.205. The molecule has 1 fully saturated rings. The molecule has 0 aromatic heterocycles. The van der Waals surface area contributed by atoms with Crippen LogP contribution in [0, 0.1) is 0 Å². The summed E-state index contributed by atoms with van der Waals surface area (Å²) in [5.41, 5.74) is -0.428. The van der Waals surface area contributed by atoms with Gasteiger partial charge in [-0.3, -0.25) is 0 Å². The molecule has 1 aliphatic heterocycles. The van der Waals surface area contributed by atoms with Crippen LogP contribution in [0.5, 0.6) is 0 Å². The first-order chi connectivity index (χ1) is 11.5. The van der Waals surface area contributed by atoms with Gasteiger partial charge in [-0.05, 0) is 5.56 Å². The van der Waals surface area contributed by atoms with E-state index in [0.29, 0.717) is 5.56 Å². The van der Waals surface area contributed by atoms with Crippen LogP contribution in [0.25, 0.3) is 0 Å². The fourth-order valence-electron chi connectivity index (χ4n) is 2.37. The number of hydrogen-bond acceptors (Lipinski definition) is 9. The fraction of sp³-hybridized carbons (Fsp3) is 0.533. The van der Waals surface area contributed by atoms with Crippen molar-refractivity contribution in [1.29, 1.82) is 0 Å². The van der Waals surface area contributed by atoms with Crippen molar-refractivity contribution in [3.05, 3.63) is 35.9 Å². The fourth-order valence-corrected chi connectivity index (χ4v) is 3.44. The van der Waals surface area contributed by atoms with E-state index < -0.39 is 42.6 Å². The molecular formula is C15H21NO7S. The third-order valence-electron chi connectivity index (χ3n) is 3.76. The quantitative estimate of drug-likeness (QED) is 0.178. The molecule has 8 nitrogen and oxygen atoms in total. The number of thioether (sulfide) groups is 1. The predicted molar refractivity (Wildman–Crippen MR) is 86.6 cm³/mol. The Hall–Kier alpha value is -1.20. The number of hydrogen-bond donors (Lipinski definition) is 6. The lowest BCUT2D eigenvalue weighted by Crippen LogP contribution is -2.57. The average Bonchev–Trinajstić information content (AvgIpc) is 2.61. The van der Waals surface area contributed by atoms with Crippen LogP contribution in [0.1, 0.15) is 18.1 Å². The topological polar surface area (TPSA) is 143 Å². The lowest BCUT2D eigenvalue weighted by atomic mass is 10.0. The Morgan fingerprint density at radius 1 is 1.12 bits per heavy atom. The average molecular weight is 359 g/mol. The third-order valence-corrected chi connectivity index (χ3v) is 4.91. The lowest BCUT2D eigenvalue weighted by Gasteiger charge is -2.39. The van der Waals surface area contributed by atoms with Crippen molar-refractivity contribution in [2.45, 2.75) is 42.4 Å². The highest BCUT2D eigenvalue weighted by Crippen LogP contribution is 2.31. The number of nitrogens with zero attached hydrogens (tertiary/aromatic N) is 1. The Morgan fingerprint density at radius 2 is 1.79 bits per heavy atom. The molecule has 24 heavy (non-hydrogen) atoms. The van der Waals surface area contributed by atoms with Gasteiger partial charge in [0.25, 0.3) is 0 Å². The predicted octanol–water partition coefficient (Wildman–Crippen LogP) is -0.569. The van der Waals surface area contributed by atoms with Crippen LogP contribution in [0.4, 0.5) is 0 Å². The van der Waals surface area contributed by atoms with E-state index in [-0.39, 0.29) is 11.5 Å². The number of rotatable bonds is 5. The minimum atomic E-state index is -1.51. The molecule has 2 rings (SSSR count). The first-order valence-corrected chi connectivity index (χ1v) is 8.27. The Balaban J connectivity index is 2.01. The van der Waals surface area contributed by atoms with Crippen molar-refractivity contribution >= 4 is 16.8 Å². The van der Waals surface area contributed by atoms with Crippen molar-refractivity contribution in [3.8, 4) is 0 Å². The van der Waals surface area contributed by atoms with E-state index in [9.17, 15) is 20.4 Å². The Morgan fingerprint density at radius 3 is 2.38 bits per heavy atom. The highest BCUT2D eigenvalue weighted by molar-refractivity contribution is 8.14. The molecule has 1 aliphatic rings. The van der Waals surface area contributed by atoms with E-state index >= 15 is 0 Å². The van der Waals surface area contributed by atoms with Crippen molar-refractivity contribution in [1.82, 2.24) is 0 Å². The molecule has 9 heteroatoms. The summed E-state index contributed by atoms with van der Waals surface area (Å²) in [4.78, 5) is 0.